The monoisotopic (exact) mass is 345 g/mol. The number of anilines is 1. The van der Waals surface area contributed by atoms with E-state index in [4.69, 9.17) is 0 Å². The first-order chi connectivity index (χ1) is 12.1. The van der Waals surface area contributed by atoms with Crippen LogP contribution >= 0.6 is 0 Å². The van der Waals surface area contributed by atoms with E-state index in [9.17, 15) is 9.59 Å². The molecular formula is C18H27N5O2. The van der Waals surface area contributed by atoms with Crippen molar-refractivity contribution in [1.82, 2.24) is 19.7 Å². The Hall–Kier alpha value is -2.15. The second-order valence-corrected chi connectivity index (χ2v) is 6.98. The van der Waals surface area contributed by atoms with E-state index in [0.717, 1.165) is 44.7 Å². The number of carbonyl (C=O) groups excluding carboxylic acids is 2. The first-order valence-electron chi connectivity index (χ1n) is 9.04. The Morgan fingerprint density at radius 3 is 2.32 bits per heavy atom. The molecule has 3 heterocycles. The van der Waals surface area contributed by atoms with Crippen LogP contribution in [-0.4, -0.2) is 77.9 Å². The van der Waals surface area contributed by atoms with Crippen LogP contribution in [0.1, 0.15) is 19.3 Å². The lowest BCUT2D eigenvalue weighted by Gasteiger charge is -2.35. The lowest BCUT2D eigenvalue weighted by atomic mass is 9.93. The highest BCUT2D eigenvalue weighted by Crippen LogP contribution is 2.22. The second-order valence-electron chi connectivity index (χ2n) is 6.98. The number of urea groups is 1. The van der Waals surface area contributed by atoms with Crippen molar-refractivity contribution in [2.75, 3.05) is 51.6 Å². The molecular weight excluding hydrogens is 318 g/mol. The minimum atomic E-state index is -0.0740. The molecule has 0 aromatic carbocycles. The summed E-state index contributed by atoms with van der Waals surface area (Å²) in [6.07, 6.45) is 5.72. The number of aromatic nitrogens is 1. The number of likely N-dealkylation sites (tertiary alicyclic amines) is 1. The number of rotatable bonds is 3. The van der Waals surface area contributed by atoms with Crippen LogP contribution in [0.15, 0.2) is 24.5 Å². The molecule has 3 rings (SSSR count). The summed E-state index contributed by atoms with van der Waals surface area (Å²) in [4.78, 5) is 34.7. The van der Waals surface area contributed by atoms with Crippen LogP contribution in [0.3, 0.4) is 0 Å². The number of amides is 3. The quantitative estimate of drug-likeness (QED) is 0.901. The fourth-order valence-electron chi connectivity index (χ4n) is 3.41. The SMILES string of the molecule is CN1CCN(C(=O)CC2CCN(C(=O)Nc3ccncc3)CC2)CC1. The number of likely N-dealkylation sites (N-methyl/N-ethyl adjacent to an activating group) is 1. The summed E-state index contributed by atoms with van der Waals surface area (Å²) in [5.41, 5.74) is 0.757. The van der Waals surface area contributed by atoms with Gasteiger partial charge in [-0.05, 0) is 37.9 Å². The Balaban J connectivity index is 1.41. The summed E-state index contributed by atoms with van der Waals surface area (Å²) in [6, 6.07) is 3.48. The predicted molar refractivity (Wildman–Crippen MR) is 96.2 cm³/mol. The molecule has 1 aromatic rings. The van der Waals surface area contributed by atoms with Gasteiger partial charge in [0.25, 0.3) is 0 Å². The average Bonchev–Trinajstić information content (AvgIpc) is 2.63. The van der Waals surface area contributed by atoms with Crippen molar-refractivity contribution < 1.29 is 9.59 Å². The zero-order valence-corrected chi connectivity index (χ0v) is 14.9. The molecule has 0 saturated carbocycles. The van der Waals surface area contributed by atoms with E-state index in [1.165, 1.54) is 0 Å². The fraction of sp³-hybridized carbons (Fsp3) is 0.611. The van der Waals surface area contributed by atoms with Gasteiger partial charge in [0.15, 0.2) is 0 Å². The van der Waals surface area contributed by atoms with Gasteiger partial charge in [0.2, 0.25) is 5.91 Å². The molecule has 0 spiro atoms. The Labute approximate surface area is 149 Å². The number of pyridine rings is 1. The summed E-state index contributed by atoms with van der Waals surface area (Å²) in [6.45, 7) is 5.00. The third-order valence-electron chi connectivity index (χ3n) is 5.15. The number of nitrogens with zero attached hydrogens (tertiary/aromatic N) is 4. The van der Waals surface area contributed by atoms with E-state index in [-0.39, 0.29) is 11.9 Å². The molecule has 2 fully saturated rings. The largest absolute Gasteiger partial charge is 0.340 e. The molecule has 0 bridgehead atoms. The Bertz CT molecular complexity index is 578. The van der Waals surface area contributed by atoms with Gasteiger partial charge in [-0.2, -0.15) is 0 Å². The van der Waals surface area contributed by atoms with Gasteiger partial charge in [-0.3, -0.25) is 9.78 Å². The normalized spacial score (nSPS) is 19.7. The summed E-state index contributed by atoms with van der Waals surface area (Å²) in [5.74, 6) is 0.657. The van der Waals surface area contributed by atoms with Crippen molar-refractivity contribution in [3.05, 3.63) is 24.5 Å². The van der Waals surface area contributed by atoms with Crippen molar-refractivity contribution in [1.29, 1.82) is 0 Å². The molecule has 2 aliphatic heterocycles. The fourth-order valence-corrected chi connectivity index (χ4v) is 3.41. The van der Waals surface area contributed by atoms with Gasteiger partial charge in [-0.15, -0.1) is 0 Å². The number of piperidine rings is 1. The standard InChI is InChI=1S/C18H27N5O2/c1-21-10-12-22(13-11-21)17(24)14-15-4-8-23(9-5-15)18(25)20-16-2-6-19-7-3-16/h2-3,6-7,15H,4-5,8-14H2,1H3,(H,19,20,25). The number of piperazine rings is 1. The molecule has 1 aromatic heterocycles. The maximum atomic E-state index is 12.4. The summed E-state index contributed by atoms with van der Waals surface area (Å²) >= 11 is 0. The van der Waals surface area contributed by atoms with E-state index in [0.29, 0.717) is 25.4 Å². The maximum Gasteiger partial charge on any atom is 0.321 e. The summed E-state index contributed by atoms with van der Waals surface area (Å²) in [5, 5.41) is 2.89. The molecule has 7 nitrogen and oxygen atoms in total. The zero-order chi connectivity index (χ0) is 17.6. The summed E-state index contributed by atoms with van der Waals surface area (Å²) in [7, 11) is 2.09. The van der Waals surface area contributed by atoms with Crippen LogP contribution in [0.2, 0.25) is 0 Å². The molecule has 0 aliphatic carbocycles. The molecule has 136 valence electrons. The molecule has 0 radical (unpaired) electrons. The average molecular weight is 345 g/mol. The maximum absolute atomic E-state index is 12.4. The highest BCUT2D eigenvalue weighted by molar-refractivity contribution is 5.89. The Morgan fingerprint density at radius 1 is 1.04 bits per heavy atom. The van der Waals surface area contributed by atoms with Crippen LogP contribution < -0.4 is 5.32 Å². The van der Waals surface area contributed by atoms with Crippen molar-refractivity contribution >= 4 is 17.6 Å². The first kappa shape index (κ1) is 17.7. The topological polar surface area (TPSA) is 68.8 Å². The summed E-state index contributed by atoms with van der Waals surface area (Å²) < 4.78 is 0. The first-order valence-corrected chi connectivity index (χ1v) is 9.04. The van der Waals surface area contributed by atoms with Gasteiger partial charge < -0.3 is 20.0 Å². The third-order valence-corrected chi connectivity index (χ3v) is 5.15. The number of hydrogen-bond acceptors (Lipinski definition) is 4. The molecule has 2 saturated heterocycles. The van der Waals surface area contributed by atoms with Gasteiger partial charge in [-0.1, -0.05) is 0 Å². The van der Waals surface area contributed by atoms with Crippen LogP contribution in [-0.2, 0) is 4.79 Å². The van der Waals surface area contributed by atoms with E-state index < -0.39 is 0 Å². The minimum absolute atomic E-state index is 0.0740. The lowest BCUT2D eigenvalue weighted by molar-refractivity contribution is -0.134. The van der Waals surface area contributed by atoms with Gasteiger partial charge >= 0.3 is 6.03 Å². The van der Waals surface area contributed by atoms with Crippen LogP contribution in [0.5, 0.6) is 0 Å². The zero-order valence-electron chi connectivity index (χ0n) is 14.9. The van der Waals surface area contributed by atoms with Crippen molar-refractivity contribution in [3.63, 3.8) is 0 Å². The molecule has 1 N–H and O–H groups in total. The van der Waals surface area contributed by atoms with Crippen molar-refractivity contribution in [2.24, 2.45) is 5.92 Å². The molecule has 25 heavy (non-hydrogen) atoms. The van der Waals surface area contributed by atoms with Crippen molar-refractivity contribution in [3.8, 4) is 0 Å². The minimum Gasteiger partial charge on any atom is -0.340 e. The van der Waals surface area contributed by atoms with Gasteiger partial charge in [0, 0.05) is 63.8 Å². The highest BCUT2D eigenvalue weighted by Gasteiger charge is 2.27. The molecule has 7 heteroatoms. The Morgan fingerprint density at radius 2 is 1.68 bits per heavy atom. The Kier molecular flexibility index (Phi) is 5.86. The van der Waals surface area contributed by atoms with E-state index in [1.54, 1.807) is 24.5 Å². The van der Waals surface area contributed by atoms with Crippen LogP contribution in [0.25, 0.3) is 0 Å². The van der Waals surface area contributed by atoms with Gasteiger partial charge in [0.05, 0.1) is 0 Å². The highest BCUT2D eigenvalue weighted by atomic mass is 16.2. The van der Waals surface area contributed by atoms with Crippen LogP contribution in [0, 0.1) is 5.92 Å². The third kappa shape index (κ3) is 4.92. The van der Waals surface area contributed by atoms with Gasteiger partial charge in [0.1, 0.15) is 0 Å². The van der Waals surface area contributed by atoms with E-state index >= 15 is 0 Å². The number of nitrogens with one attached hydrogen (secondary N) is 1. The van der Waals surface area contributed by atoms with Crippen LogP contribution in [0.4, 0.5) is 10.5 Å². The van der Waals surface area contributed by atoms with E-state index in [1.807, 2.05) is 9.80 Å². The smallest absolute Gasteiger partial charge is 0.321 e. The van der Waals surface area contributed by atoms with Gasteiger partial charge in [-0.25, -0.2) is 4.79 Å². The number of hydrogen-bond donors (Lipinski definition) is 1. The number of carbonyl (C=O) groups is 2. The second kappa shape index (κ2) is 8.29. The molecule has 2 aliphatic rings. The molecule has 3 amide bonds. The molecule has 0 atom stereocenters. The lowest BCUT2D eigenvalue weighted by Crippen LogP contribution is -2.48. The van der Waals surface area contributed by atoms with E-state index in [2.05, 4.69) is 22.2 Å². The predicted octanol–water partition coefficient (Wildman–Crippen LogP) is 1.49. The van der Waals surface area contributed by atoms with Crippen molar-refractivity contribution in [2.45, 2.75) is 19.3 Å². The molecule has 0 unspecified atom stereocenters.